The molecule has 1 aliphatic rings. The Hall–Kier alpha value is -1.32. The lowest BCUT2D eigenvalue weighted by Crippen LogP contribution is -2.35. The Morgan fingerprint density at radius 3 is 2.62 bits per heavy atom. The first-order chi connectivity index (χ1) is 9.73. The van der Waals surface area contributed by atoms with Crippen LogP contribution in [0.4, 0.5) is 11.4 Å². The van der Waals surface area contributed by atoms with Crippen molar-refractivity contribution in [2.45, 2.75) is 23.8 Å². The zero-order valence-corrected chi connectivity index (χ0v) is 13.3. The number of benzene rings is 1. The molecule has 2 rings (SSSR count). The van der Waals surface area contributed by atoms with Crippen molar-refractivity contribution in [3.8, 4) is 0 Å². The van der Waals surface area contributed by atoms with Crippen LogP contribution in [0.5, 0.6) is 0 Å². The van der Waals surface area contributed by atoms with E-state index in [1.165, 1.54) is 19.2 Å². The van der Waals surface area contributed by atoms with E-state index in [1.54, 1.807) is 6.07 Å². The van der Waals surface area contributed by atoms with E-state index in [2.05, 4.69) is 10.0 Å². The lowest BCUT2D eigenvalue weighted by molar-refractivity contribution is 0.562. The third-order valence-electron chi connectivity index (χ3n) is 3.42. The minimum atomic E-state index is -3.54. The van der Waals surface area contributed by atoms with Gasteiger partial charge >= 0.3 is 0 Å². The number of rotatable bonds is 4. The van der Waals surface area contributed by atoms with Gasteiger partial charge in [-0.05, 0) is 38.1 Å². The normalized spacial score (nSPS) is 21.9. The van der Waals surface area contributed by atoms with Crippen LogP contribution in [-0.4, -0.2) is 41.4 Å². The molecule has 9 heteroatoms. The van der Waals surface area contributed by atoms with E-state index in [4.69, 9.17) is 5.73 Å². The van der Waals surface area contributed by atoms with E-state index in [9.17, 15) is 16.8 Å². The first-order valence-corrected chi connectivity index (χ1v) is 9.84. The maximum absolute atomic E-state index is 11.7. The van der Waals surface area contributed by atoms with Crippen LogP contribution >= 0.6 is 0 Å². The van der Waals surface area contributed by atoms with Crippen LogP contribution in [0.3, 0.4) is 0 Å². The number of hydrogen-bond acceptors (Lipinski definition) is 6. The minimum Gasteiger partial charge on any atom is -0.397 e. The van der Waals surface area contributed by atoms with Gasteiger partial charge in [-0.1, -0.05) is 0 Å². The zero-order valence-electron chi connectivity index (χ0n) is 11.7. The molecule has 1 unspecified atom stereocenters. The largest absolute Gasteiger partial charge is 0.397 e. The molecule has 1 atom stereocenters. The molecule has 1 aromatic carbocycles. The quantitative estimate of drug-likeness (QED) is 0.676. The smallest absolute Gasteiger partial charge is 0.240 e. The number of nitrogen functional groups attached to an aromatic ring is 1. The molecule has 7 nitrogen and oxygen atoms in total. The molecule has 1 saturated heterocycles. The van der Waals surface area contributed by atoms with Gasteiger partial charge in [0, 0.05) is 6.04 Å². The highest BCUT2D eigenvalue weighted by Crippen LogP contribution is 2.25. The van der Waals surface area contributed by atoms with E-state index in [0.29, 0.717) is 12.1 Å². The van der Waals surface area contributed by atoms with Gasteiger partial charge in [0.1, 0.15) is 0 Å². The standard InChI is InChI=1S/C12H19N3O4S2/c1-14-21(18,19)10-4-5-12(11(13)7-10)15-9-3-2-6-20(16,17)8-9/h4-5,7,9,14-15H,2-3,6,8,13H2,1H3. The van der Waals surface area contributed by atoms with Gasteiger partial charge in [0.15, 0.2) is 9.84 Å². The number of sulfone groups is 1. The van der Waals surface area contributed by atoms with Gasteiger partial charge in [0.05, 0.1) is 27.8 Å². The Labute approximate surface area is 124 Å². The topological polar surface area (TPSA) is 118 Å². The van der Waals surface area contributed by atoms with Crippen molar-refractivity contribution in [1.29, 1.82) is 0 Å². The molecule has 0 aliphatic carbocycles. The predicted octanol–water partition coefficient (Wildman–Crippen LogP) is 0.166. The molecule has 0 aromatic heterocycles. The lowest BCUT2D eigenvalue weighted by atomic mass is 10.1. The molecule has 1 aliphatic heterocycles. The fraction of sp³-hybridized carbons (Fsp3) is 0.500. The molecule has 21 heavy (non-hydrogen) atoms. The van der Waals surface area contributed by atoms with Crippen molar-refractivity contribution in [1.82, 2.24) is 4.72 Å². The number of sulfonamides is 1. The van der Waals surface area contributed by atoms with Crippen molar-refractivity contribution in [2.24, 2.45) is 0 Å². The van der Waals surface area contributed by atoms with Crippen molar-refractivity contribution < 1.29 is 16.8 Å². The average molecular weight is 333 g/mol. The highest BCUT2D eigenvalue weighted by atomic mass is 32.2. The van der Waals surface area contributed by atoms with E-state index < -0.39 is 19.9 Å². The summed E-state index contributed by atoms with van der Waals surface area (Å²) < 4.78 is 48.8. The van der Waals surface area contributed by atoms with E-state index in [1.807, 2.05) is 0 Å². The van der Waals surface area contributed by atoms with Crippen LogP contribution in [0.2, 0.25) is 0 Å². The fourth-order valence-electron chi connectivity index (χ4n) is 2.31. The second-order valence-electron chi connectivity index (χ2n) is 5.05. The first-order valence-electron chi connectivity index (χ1n) is 6.53. The molecular formula is C12H19N3O4S2. The van der Waals surface area contributed by atoms with Crippen LogP contribution in [0.25, 0.3) is 0 Å². The summed E-state index contributed by atoms with van der Waals surface area (Å²) in [6.07, 6.45) is 1.36. The molecular weight excluding hydrogens is 314 g/mol. The number of nitrogens with two attached hydrogens (primary N) is 1. The van der Waals surface area contributed by atoms with Gasteiger partial charge < -0.3 is 11.1 Å². The number of hydrogen-bond donors (Lipinski definition) is 3. The fourth-order valence-corrected chi connectivity index (χ4v) is 4.72. The first kappa shape index (κ1) is 16.1. The monoisotopic (exact) mass is 333 g/mol. The Bertz CT molecular complexity index is 729. The number of nitrogens with one attached hydrogen (secondary N) is 2. The van der Waals surface area contributed by atoms with Crippen molar-refractivity contribution >= 4 is 31.2 Å². The third-order valence-corrected chi connectivity index (χ3v) is 6.66. The van der Waals surface area contributed by atoms with Gasteiger partial charge in [0.25, 0.3) is 0 Å². The van der Waals surface area contributed by atoms with Gasteiger partial charge in [-0.15, -0.1) is 0 Å². The Morgan fingerprint density at radius 2 is 2.05 bits per heavy atom. The zero-order chi connectivity index (χ0) is 15.7. The van der Waals surface area contributed by atoms with E-state index in [-0.39, 0.29) is 28.1 Å². The summed E-state index contributed by atoms with van der Waals surface area (Å²) in [5.74, 6) is 0.295. The van der Waals surface area contributed by atoms with Crippen LogP contribution in [-0.2, 0) is 19.9 Å². The summed E-state index contributed by atoms with van der Waals surface area (Å²) in [5, 5.41) is 3.08. The molecule has 1 heterocycles. The molecule has 0 radical (unpaired) electrons. The van der Waals surface area contributed by atoms with Crippen molar-refractivity contribution in [2.75, 3.05) is 29.6 Å². The molecule has 1 fully saturated rings. The Kier molecular flexibility index (Phi) is 4.45. The summed E-state index contributed by atoms with van der Waals surface area (Å²) in [7, 11) is -5.23. The molecule has 0 amide bonds. The number of anilines is 2. The van der Waals surface area contributed by atoms with Gasteiger partial charge in [-0.2, -0.15) is 0 Å². The van der Waals surface area contributed by atoms with Gasteiger partial charge in [0.2, 0.25) is 10.0 Å². The van der Waals surface area contributed by atoms with E-state index >= 15 is 0 Å². The van der Waals surface area contributed by atoms with Crippen LogP contribution < -0.4 is 15.8 Å². The summed E-state index contributed by atoms with van der Waals surface area (Å²) in [6.45, 7) is 0. The van der Waals surface area contributed by atoms with Crippen molar-refractivity contribution in [3.05, 3.63) is 18.2 Å². The third kappa shape index (κ3) is 3.86. The Morgan fingerprint density at radius 1 is 1.33 bits per heavy atom. The average Bonchev–Trinajstić information content (AvgIpc) is 2.40. The molecule has 4 N–H and O–H groups in total. The molecule has 0 saturated carbocycles. The summed E-state index contributed by atoms with van der Waals surface area (Å²) in [6, 6.07) is 4.14. The second kappa shape index (κ2) is 5.82. The Balaban J connectivity index is 2.19. The summed E-state index contributed by atoms with van der Waals surface area (Å²) >= 11 is 0. The highest BCUT2D eigenvalue weighted by molar-refractivity contribution is 7.91. The molecule has 0 bridgehead atoms. The predicted molar refractivity (Wildman–Crippen MR) is 82.4 cm³/mol. The maximum atomic E-state index is 11.7. The second-order valence-corrected chi connectivity index (χ2v) is 9.17. The summed E-state index contributed by atoms with van der Waals surface area (Å²) in [5.41, 5.74) is 6.67. The SMILES string of the molecule is CNS(=O)(=O)c1ccc(NC2CCCS(=O)(=O)C2)c(N)c1. The lowest BCUT2D eigenvalue weighted by Gasteiger charge is -2.24. The van der Waals surface area contributed by atoms with Crippen LogP contribution in [0, 0.1) is 0 Å². The molecule has 0 spiro atoms. The van der Waals surface area contributed by atoms with Gasteiger partial charge in [-0.3, -0.25) is 0 Å². The highest BCUT2D eigenvalue weighted by Gasteiger charge is 2.25. The van der Waals surface area contributed by atoms with E-state index in [0.717, 1.165) is 6.42 Å². The minimum absolute atomic E-state index is 0.0724. The van der Waals surface area contributed by atoms with Crippen LogP contribution in [0.1, 0.15) is 12.8 Å². The van der Waals surface area contributed by atoms with Crippen molar-refractivity contribution in [3.63, 3.8) is 0 Å². The molecule has 1 aromatic rings. The maximum Gasteiger partial charge on any atom is 0.240 e. The summed E-state index contributed by atoms with van der Waals surface area (Å²) in [4.78, 5) is 0.0734. The van der Waals surface area contributed by atoms with Crippen LogP contribution in [0.15, 0.2) is 23.1 Å². The molecule has 118 valence electrons. The van der Waals surface area contributed by atoms with Gasteiger partial charge in [-0.25, -0.2) is 21.6 Å².